The molecule has 1 atom stereocenters. The van der Waals surface area contributed by atoms with Gasteiger partial charge >= 0.3 is 243 Å². The molecule has 6 rings (SSSR count). The molecule has 43 heavy (non-hydrogen) atoms. The van der Waals surface area contributed by atoms with Gasteiger partial charge in [-0.05, 0) is 7.05 Å². The molecule has 9 nitrogen and oxygen atoms in total. The standard InChI is InChI=1S/C19H21N5O3S.C13H11O.Sn/c1-20-8-3-7-15(26)24-10-4-5-13(11-24)23-18(27)17-16(22-12-25)14-6-2-9-21-19(14)28-17;1-11-6-5-9-13(10-11)14-12-7-3-2-4-8-12;/h2-3,7,9,13,20H,4-5,8,10-11H2,1H3,(H,22,25)(H,23,27);2-5,7-10H,1H3;/q;;+1/b7-3+;;/t13-;;/m1../s1. The Hall–Kier alpha value is -3.74. The third kappa shape index (κ3) is 6.17. The van der Waals surface area contributed by atoms with Crippen molar-refractivity contribution in [2.75, 3.05) is 32.0 Å². The Morgan fingerprint density at radius 1 is 1.16 bits per heavy atom. The molecule has 218 valence electrons. The molecule has 0 radical (unpaired) electrons. The van der Waals surface area contributed by atoms with Crippen LogP contribution in [0.15, 0.2) is 72.9 Å². The zero-order valence-corrected chi connectivity index (χ0v) is 27.6. The van der Waals surface area contributed by atoms with Gasteiger partial charge in [-0.15, -0.1) is 0 Å². The number of benzene rings is 2. The fraction of sp³-hybridized carbons (Fsp3) is 0.250. The molecule has 4 heterocycles. The summed E-state index contributed by atoms with van der Waals surface area (Å²) < 4.78 is 8.09. The molecule has 2 aliphatic rings. The molecular weight excluding hydrogens is 669 g/mol. The first-order valence-electron chi connectivity index (χ1n) is 14.3. The van der Waals surface area contributed by atoms with E-state index >= 15 is 0 Å². The van der Waals surface area contributed by atoms with Crippen molar-refractivity contribution in [2.45, 2.75) is 25.8 Å². The number of pyridine rings is 1. The Morgan fingerprint density at radius 3 is 2.79 bits per heavy atom. The van der Waals surface area contributed by atoms with E-state index in [1.165, 1.54) is 11.3 Å². The van der Waals surface area contributed by atoms with Crippen LogP contribution < -0.4 is 27.8 Å². The summed E-state index contributed by atoms with van der Waals surface area (Å²) in [6, 6.07) is 17.3. The second-order valence-electron chi connectivity index (χ2n) is 10.6. The Kier molecular flexibility index (Phi) is 8.78. The second-order valence-corrected chi connectivity index (χ2v) is 18.1. The number of carbonyl (C=O) groups is 3. The maximum absolute atomic E-state index is 13.8. The predicted octanol–water partition coefficient (Wildman–Crippen LogP) is 3.63. The molecule has 4 aromatic rings. The van der Waals surface area contributed by atoms with Gasteiger partial charge in [0.2, 0.25) is 0 Å². The molecule has 11 heteroatoms. The number of rotatable bonds is 8. The van der Waals surface area contributed by atoms with Gasteiger partial charge in [-0.1, -0.05) is 0 Å². The molecular formula is C32H32N5O4SSn+. The van der Waals surface area contributed by atoms with Crippen molar-refractivity contribution >= 4 is 69.9 Å². The van der Waals surface area contributed by atoms with Gasteiger partial charge in [0.1, 0.15) is 0 Å². The number of nitrogens with one attached hydrogen (secondary N) is 3. The fourth-order valence-corrected chi connectivity index (χ4v) is 14.0. The van der Waals surface area contributed by atoms with E-state index in [4.69, 9.17) is 4.74 Å². The minimum absolute atomic E-state index is 0.00234. The van der Waals surface area contributed by atoms with Crippen LogP contribution in [0.2, 0.25) is 0 Å². The van der Waals surface area contributed by atoms with Crippen molar-refractivity contribution in [3.05, 3.63) is 83.4 Å². The maximum atomic E-state index is 13.8. The third-order valence-electron chi connectivity index (χ3n) is 7.63. The number of nitrogens with zero attached hydrogens (tertiary/aromatic N) is 2. The minimum atomic E-state index is -3.10. The summed E-state index contributed by atoms with van der Waals surface area (Å²) in [5.74, 6) is 1.17. The van der Waals surface area contributed by atoms with Gasteiger partial charge < -0.3 is 5.32 Å². The SMILES string of the molecule is CNC/C=C/C(=O)N1CCC[C@@H](NC(=O)c2sc3ncc[c]4c3c2N[C](=O)[Sn+]4[c]2ccc(Oc3ccccc3)cc2C)C1. The summed E-state index contributed by atoms with van der Waals surface area (Å²) in [5, 5.41) is 10.1. The van der Waals surface area contributed by atoms with Crippen LogP contribution in [0.4, 0.5) is 10.5 Å². The Labute approximate surface area is 261 Å². The van der Waals surface area contributed by atoms with E-state index in [2.05, 4.69) is 20.9 Å². The Bertz CT molecular complexity index is 1720. The summed E-state index contributed by atoms with van der Waals surface area (Å²) in [5.41, 5.74) is 1.56. The molecule has 2 aromatic heterocycles. The van der Waals surface area contributed by atoms with Crippen LogP contribution in [-0.2, 0) is 4.79 Å². The predicted molar refractivity (Wildman–Crippen MR) is 171 cm³/mol. The van der Waals surface area contributed by atoms with Crippen molar-refractivity contribution in [2.24, 2.45) is 0 Å². The van der Waals surface area contributed by atoms with E-state index in [-0.39, 0.29) is 21.8 Å². The molecule has 2 aromatic carbocycles. The molecule has 0 spiro atoms. The first-order valence-corrected chi connectivity index (χ1v) is 19.4. The summed E-state index contributed by atoms with van der Waals surface area (Å²) in [4.78, 5) is 47.5. The van der Waals surface area contributed by atoms with Crippen LogP contribution in [-0.4, -0.2) is 78.1 Å². The van der Waals surface area contributed by atoms with E-state index in [0.717, 1.165) is 47.3 Å². The van der Waals surface area contributed by atoms with Gasteiger partial charge in [0.05, 0.1) is 0 Å². The average molecular weight is 701 g/mol. The number of piperidine rings is 1. The average Bonchev–Trinajstić information content (AvgIpc) is 3.38. The molecule has 0 saturated carbocycles. The number of hydrogen-bond acceptors (Lipinski definition) is 7. The van der Waals surface area contributed by atoms with E-state index in [0.29, 0.717) is 30.2 Å². The summed E-state index contributed by atoms with van der Waals surface area (Å²) >= 11 is -1.80. The van der Waals surface area contributed by atoms with Crippen molar-refractivity contribution < 1.29 is 19.1 Å². The number of amides is 3. The molecule has 3 amide bonds. The van der Waals surface area contributed by atoms with Gasteiger partial charge in [-0.3, -0.25) is 0 Å². The van der Waals surface area contributed by atoms with Gasteiger partial charge in [-0.25, -0.2) is 0 Å². The van der Waals surface area contributed by atoms with Crippen molar-refractivity contribution in [3.63, 3.8) is 0 Å². The van der Waals surface area contributed by atoms with Gasteiger partial charge in [0, 0.05) is 6.54 Å². The number of anilines is 1. The number of para-hydroxylation sites is 1. The normalized spacial score (nSPS) is 16.4. The van der Waals surface area contributed by atoms with E-state index in [1.807, 2.05) is 68.6 Å². The van der Waals surface area contributed by atoms with E-state index in [9.17, 15) is 14.4 Å². The van der Waals surface area contributed by atoms with Crippen LogP contribution in [0.5, 0.6) is 11.5 Å². The van der Waals surface area contributed by atoms with Crippen LogP contribution in [0.1, 0.15) is 28.1 Å². The number of ether oxygens (including phenoxy) is 1. The Balaban J connectivity index is 1.24. The van der Waals surface area contributed by atoms with Crippen LogP contribution in [0, 0.1) is 6.92 Å². The Morgan fingerprint density at radius 2 is 2.00 bits per heavy atom. The van der Waals surface area contributed by atoms with Crippen LogP contribution in [0.25, 0.3) is 10.2 Å². The zero-order valence-electron chi connectivity index (χ0n) is 24.0. The number of likely N-dealkylation sites (tertiary alicyclic amines) is 1. The van der Waals surface area contributed by atoms with Gasteiger partial charge in [0.25, 0.3) is 0 Å². The quantitative estimate of drug-likeness (QED) is 0.191. The third-order valence-corrected chi connectivity index (χ3v) is 16.2. The van der Waals surface area contributed by atoms with Crippen LogP contribution >= 0.6 is 11.3 Å². The van der Waals surface area contributed by atoms with Crippen molar-refractivity contribution in [1.82, 2.24) is 20.5 Å². The second kappa shape index (κ2) is 12.9. The van der Waals surface area contributed by atoms with Gasteiger partial charge in [-0.2, -0.15) is 0 Å². The van der Waals surface area contributed by atoms with Gasteiger partial charge in [0.15, 0.2) is 0 Å². The molecule has 1 saturated heterocycles. The number of hydrogen-bond donors (Lipinski definition) is 3. The number of aryl methyl sites for hydroxylation is 1. The first kappa shape index (κ1) is 29.3. The zero-order chi connectivity index (χ0) is 29.9. The number of likely N-dealkylation sites (N-methyl/N-ethyl adjacent to an activating group) is 1. The number of thiophene rings is 1. The molecule has 0 bridgehead atoms. The van der Waals surface area contributed by atoms with E-state index < -0.39 is 19.8 Å². The summed E-state index contributed by atoms with van der Waals surface area (Å²) in [7, 11) is 1.83. The number of aromatic nitrogens is 1. The van der Waals surface area contributed by atoms with Crippen LogP contribution in [0.3, 0.4) is 0 Å². The molecule has 0 unspecified atom stereocenters. The fourth-order valence-electron chi connectivity index (χ4n) is 5.61. The molecule has 1 fully saturated rings. The van der Waals surface area contributed by atoms with Crippen molar-refractivity contribution in [1.29, 1.82) is 0 Å². The number of carbonyl (C=O) groups excluding carboxylic acids is 3. The molecule has 0 aliphatic carbocycles. The topological polar surface area (TPSA) is 113 Å². The van der Waals surface area contributed by atoms with E-state index in [1.54, 1.807) is 23.2 Å². The van der Waals surface area contributed by atoms with Crippen molar-refractivity contribution in [3.8, 4) is 11.5 Å². The summed E-state index contributed by atoms with van der Waals surface area (Å²) in [6.45, 7) is 3.75. The molecule has 2 aliphatic heterocycles. The monoisotopic (exact) mass is 702 g/mol. The molecule has 3 N–H and O–H groups in total. The summed E-state index contributed by atoms with van der Waals surface area (Å²) in [6.07, 6.45) is 6.71. The first-order chi connectivity index (χ1) is 20.9.